The van der Waals surface area contributed by atoms with E-state index >= 15 is 0 Å². The van der Waals surface area contributed by atoms with Crippen molar-refractivity contribution in [3.8, 4) is 22.9 Å². The fourth-order valence-electron chi connectivity index (χ4n) is 3.88. The van der Waals surface area contributed by atoms with Crippen LogP contribution < -0.4 is 14.8 Å². The Morgan fingerprint density at radius 3 is 2.79 bits per heavy atom. The Morgan fingerprint density at radius 1 is 1.30 bits per heavy atom. The molecule has 0 saturated carbocycles. The van der Waals surface area contributed by atoms with Crippen LogP contribution in [0.4, 0.5) is 14.5 Å². The van der Waals surface area contributed by atoms with Gasteiger partial charge < -0.3 is 14.8 Å². The van der Waals surface area contributed by atoms with Crippen LogP contribution in [-0.4, -0.2) is 27.6 Å². The van der Waals surface area contributed by atoms with E-state index in [1.54, 1.807) is 17.4 Å². The van der Waals surface area contributed by atoms with Gasteiger partial charge in [-0.15, -0.1) is 8.78 Å². The van der Waals surface area contributed by atoms with Crippen molar-refractivity contribution in [1.82, 2.24) is 9.55 Å². The molecule has 2 aromatic carbocycles. The summed E-state index contributed by atoms with van der Waals surface area (Å²) in [5.41, 5.74) is 0.509. The number of ether oxygens (including phenoxy) is 2. The molecule has 3 heterocycles. The van der Waals surface area contributed by atoms with E-state index in [-0.39, 0.29) is 17.7 Å². The molecule has 1 atom stereocenters. The van der Waals surface area contributed by atoms with Crippen LogP contribution >= 0.6 is 22.9 Å². The van der Waals surface area contributed by atoms with E-state index in [2.05, 4.69) is 26.5 Å². The van der Waals surface area contributed by atoms with Gasteiger partial charge in [0.05, 0.1) is 17.6 Å². The number of carbonyl (C=O) groups is 1. The number of aromatic nitrogens is 2. The van der Waals surface area contributed by atoms with Crippen LogP contribution in [0.15, 0.2) is 53.2 Å². The number of nitrogens with zero attached hydrogens (tertiary/aromatic N) is 2. The Balaban J connectivity index is 1.50. The van der Waals surface area contributed by atoms with Crippen molar-refractivity contribution < 1.29 is 23.0 Å². The zero-order chi connectivity index (χ0) is 23.2. The number of hydrogen-bond acceptors (Lipinski definition) is 5. The first kappa shape index (κ1) is 21.7. The molecule has 1 aliphatic rings. The standard InChI is InChI=1S/C23H18ClF2N3O3S/c1-13-6-8-31-22-28-19-11-15(10-18(20(19)29(13)22)14-7-9-33-12-14)21(30)27-16-2-4-17(5-3-16)32-23(24,25)26/h2-5,7,9-13H,6,8H2,1H3,(H,27,30)/t13-/m1/s1. The van der Waals surface area contributed by atoms with Gasteiger partial charge in [-0.2, -0.15) is 16.3 Å². The number of rotatable bonds is 5. The monoisotopic (exact) mass is 489 g/mol. The molecule has 33 heavy (non-hydrogen) atoms. The maximum Gasteiger partial charge on any atom is 0.487 e. The summed E-state index contributed by atoms with van der Waals surface area (Å²) in [6.07, 6.45) is 0.874. The lowest BCUT2D eigenvalue weighted by Gasteiger charge is -2.23. The lowest BCUT2D eigenvalue weighted by atomic mass is 10.0. The van der Waals surface area contributed by atoms with Crippen LogP contribution in [0.5, 0.6) is 11.8 Å². The van der Waals surface area contributed by atoms with Crippen molar-refractivity contribution >= 4 is 45.6 Å². The van der Waals surface area contributed by atoms with Crippen molar-refractivity contribution in [2.75, 3.05) is 11.9 Å². The molecule has 4 aromatic rings. The fourth-order valence-corrected chi connectivity index (χ4v) is 4.63. The number of alkyl halides is 3. The molecule has 0 aliphatic carbocycles. The zero-order valence-electron chi connectivity index (χ0n) is 17.3. The third-order valence-corrected chi connectivity index (χ3v) is 6.16. The lowest BCUT2D eigenvalue weighted by molar-refractivity contribution is -0.0964. The molecule has 0 unspecified atom stereocenters. The number of benzene rings is 2. The Labute approximate surface area is 196 Å². The normalized spacial score (nSPS) is 15.7. The van der Waals surface area contributed by atoms with Crippen LogP contribution in [0.2, 0.25) is 0 Å². The molecule has 0 fully saturated rings. The van der Waals surface area contributed by atoms with Gasteiger partial charge in [-0.25, -0.2) is 0 Å². The van der Waals surface area contributed by atoms with Gasteiger partial charge in [-0.1, -0.05) is 0 Å². The quantitative estimate of drug-likeness (QED) is 0.324. The highest BCUT2D eigenvalue weighted by Crippen LogP contribution is 2.38. The smallest absolute Gasteiger partial charge is 0.465 e. The molecular weight excluding hydrogens is 472 g/mol. The van der Waals surface area contributed by atoms with E-state index in [0.717, 1.165) is 23.1 Å². The summed E-state index contributed by atoms with van der Waals surface area (Å²) in [5, 5.41) is 6.78. The fraction of sp³-hybridized carbons (Fsp3) is 0.217. The predicted molar refractivity (Wildman–Crippen MR) is 124 cm³/mol. The van der Waals surface area contributed by atoms with Gasteiger partial charge in [0.1, 0.15) is 5.75 Å². The number of halogens is 3. The first-order chi connectivity index (χ1) is 15.8. The number of amides is 1. The van der Waals surface area contributed by atoms with Crippen molar-refractivity contribution in [1.29, 1.82) is 0 Å². The lowest BCUT2D eigenvalue weighted by Crippen LogP contribution is -2.18. The highest BCUT2D eigenvalue weighted by molar-refractivity contribution is 7.08. The Kier molecular flexibility index (Phi) is 5.46. The summed E-state index contributed by atoms with van der Waals surface area (Å²) in [5.74, 6) is -0.475. The molecule has 0 bridgehead atoms. The summed E-state index contributed by atoms with van der Waals surface area (Å²) in [7, 11) is 0. The van der Waals surface area contributed by atoms with E-state index in [0.29, 0.717) is 29.4 Å². The molecule has 10 heteroatoms. The maximum absolute atomic E-state index is 13.1. The van der Waals surface area contributed by atoms with E-state index in [4.69, 9.17) is 16.3 Å². The second-order valence-corrected chi connectivity index (χ2v) is 8.90. The van der Waals surface area contributed by atoms with E-state index < -0.39 is 5.57 Å². The van der Waals surface area contributed by atoms with Gasteiger partial charge in [-0.3, -0.25) is 9.36 Å². The second kappa shape index (κ2) is 8.31. The van der Waals surface area contributed by atoms with E-state index in [1.807, 2.05) is 22.9 Å². The summed E-state index contributed by atoms with van der Waals surface area (Å²) >= 11 is 6.35. The minimum atomic E-state index is -3.80. The number of imidazole rings is 1. The molecule has 0 spiro atoms. The molecule has 5 rings (SSSR count). The molecule has 6 nitrogen and oxygen atoms in total. The molecule has 1 N–H and O–H groups in total. The zero-order valence-corrected chi connectivity index (χ0v) is 18.9. The van der Waals surface area contributed by atoms with Crippen LogP contribution in [-0.2, 0) is 0 Å². The molecular formula is C23H18ClF2N3O3S. The highest BCUT2D eigenvalue weighted by atomic mass is 35.5. The van der Waals surface area contributed by atoms with Crippen molar-refractivity contribution in [3.63, 3.8) is 0 Å². The van der Waals surface area contributed by atoms with Gasteiger partial charge in [0.2, 0.25) is 0 Å². The first-order valence-electron chi connectivity index (χ1n) is 10.2. The van der Waals surface area contributed by atoms with Gasteiger partial charge >= 0.3 is 5.57 Å². The molecule has 1 amide bonds. The van der Waals surface area contributed by atoms with Gasteiger partial charge in [0.15, 0.2) is 0 Å². The third kappa shape index (κ3) is 4.38. The average molecular weight is 490 g/mol. The highest BCUT2D eigenvalue weighted by Gasteiger charge is 2.28. The van der Waals surface area contributed by atoms with Crippen LogP contribution in [0.1, 0.15) is 29.7 Å². The predicted octanol–water partition coefficient (Wildman–Crippen LogP) is 6.53. The molecule has 2 aromatic heterocycles. The molecule has 0 saturated heterocycles. The minimum absolute atomic E-state index is 0.119. The summed E-state index contributed by atoms with van der Waals surface area (Å²) < 4.78 is 37.7. The van der Waals surface area contributed by atoms with Gasteiger partial charge in [-0.05, 0) is 65.7 Å². The van der Waals surface area contributed by atoms with Crippen molar-refractivity contribution in [3.05, 3.63) is 58.8 Å². The van der Waals surface area contributed by atoms with Gasteiger partial charge in [0, 0.05) is 40.9 Å². The number of hydrogen-bond donors (Lipinski definition) is 1. The molecule has 0 radical (unpaired) electrons. The number of nitrogens with one attached hydrogen (secondary N) is 1. The largest absolute Gasteiger partial charge is 0.487 e. The Bertz CT molecular complexity index is 1320. The first-order valence-corrected chi connectivity index (χ1v) is 11.5. The maximum atomic E-state index is 13.1. The van der Waals surface area contributed by atoms with Crippen LogP contribution in [0.3, 0.4) is 0 Å². The number of carbonyl (C=O) groups excluding carboxylic acids is 1. The Morgan fingerprint density at radius 2 is 2.09 bits per heavy atom. The molecule has 1 aliphatic heterocycles. The molecule has 170 valence electrons. The average Bonchev–Trinajstić information content (AvgIpc) is 3.41. The topological polar surface area (TPSA) is 65.4 Å². The van der Waals surface area contributed by atoms with Crippen molar-refractivity contribution in [2.24, 2.45) is 0 Å². The van der Waals surface area contributed by atoms with Gasteiger partial charge in [0.25, 0.3) is 11.9 Å². The minimum Gasteiger partial charge on any atom is -0.465 e. The van der Waals surface area contributed by atoms with Crippen LogP contribution in [0, 0.1) is 0 Å². The van der Waals surface area contributed by atoms with E-state index in [9.17, 15) is 13.6 Å². The number of fused-ring (bicyclic) bond motifs is 3. The second-order valence-electron chi connectivity index (χ2n) is 7.68. The number of thiophene rings is 1. The SMILES string of the molecule is C[C@@H]1CCOc2nc3cc(C(=O)Nc4ccc(OC(F)(F)Cl)cc4)cc(-c4ccsc4)c3n21. The summed E-state index contributed by atoms with van der Waals surface area (Å²) in [6.45, 7) is 2.72. The Hall–Kier alpha value is -3.17. The van der Waals surface area contributed by atoms with Crippen molar-refractivity contribution in [2.45, 2.75) is 25.0 Å². The van der Waals surface area contributed by atoms with E-state index in [1.165, 1.54) is 24.3 Å². The summed E-state index contributed by atoms with van der Waals surface area (Å²) in [4.78, 5) is 17.7. The third-order valence-electron chi connectivity index (χ3n) is 5.40. The summed E-state index contributed by atoms with van der Waals surface area (Å²) in [6, 6.07) is 11.8. The van der Waals surface area contributed by atoms with Crippen LogP contribution in [0.25, 0.3) is 22.2 Å². The number of anilines is 1.